The summed E-state index contributed by atoms with van der Waals surface area (Å²) in [5, 5.41) is 5.68. The molecule has 2 N–H and O–H groups in total. The van der Waals surface area contributed by atoms with Crippen LogP contribution in [0.15, 0.2) is 72.8 Å². The van der Waals surface area contributed by atoms with Crippen LogP contribution in [0.3, 0.4) is 0 Å². The van der Waals surface area contributed by atoms with Gasteiger partial charge in [0.1, 0.15) is 5.75 Å². The summed E-state index contributed by atoms with van der Waals surface area (Å²) in [6, 6.07) is 21.3. The molecule has 5 nitrogen and oxygen atoms in total. The molecule has 3 aromatic carbocycles. The van der Waals surface area contributed by atoms with Gasteiger partial charge in [-0.05, 0) is 67.1 Å². The zero-order valence-electron chi connectivity index (χ0n) is 15.2. The van der Waals surface area contributed by atoms with Crippen LogP contribution < -0.4 is 15.4 Å². The molecule has 0 aliphatic heterocycles. The summed E-state index contributed by atoms with van der Waals surface area (Å²) in [6.45, 7) is 1.90. The van der Waals surface area contributed by atoms with Crippen molar-refractivity contribution >= 4 is 23.2 Å². The number of methoxy groups -OCH3 is 1. The second kappa shape index (κ2) is 8.19. The van der Waals surface area contributed by atoms with Crippen molar-refractivity contribution in [3.05, 3.63) is 89.5 Å². The van der Waals surface area contributed by atoms with Crippen molar-refractivity contribution in [1.29, 1.82) is 0 Å². The van der Waals surface area contributed by atoms with E-state index in [1.165, 1.54) is 0 Å². The maximum Gasteiger partial charge on any atom is 0.255 e. The van der Waals surface area contributed by atoms with Crippen LogP contribution in [0, 0.1) is 6.92 Å². The first-order chi connectivity index (χ1) is 13.1. The minimum absolute atomic E-state index is 0.164. The summed E-state index contributed by atoms with van der Waals surface area (Å²) in [5.41, 5.74) is 3.39. The van der Waals surface area contributed by atoms with E-state index < -0.39 is 0 Å². The lowest BCUT2D eigenvalue weighted by atomic mass is 10.1. The number of hydrogen-bond acceptors (Lipinski definition) is 3. The molecule has 2 amide bonds. The molecule has 3 aromatic rings. The predicted octanol–water partition coefficient (Wildman–Crippen LogP) is 4.51. The number of carbonyl (C=O) groups excluding carboxylic acids is 2. The standard InChI is InChI=1S/C22H20N2O3/c1-15-5-3-4-6-20(15)22(26)24-18-11-9-17(10-12-18)23-21(25)16-7-13-19(27-2)14-8-16/h3-14H,1-2H3,(H,23,25)(H,24,26). The molecule has 0 unspecified atom stereocenters. The molecule has 27 heavy (non-hydrogen) atoms. The fourth-order valence-electron chi connectivity index (χ4n) is 2.61. The van der Waals surface area contributed by atoms with Crippen LogP contribution in [0.1, 0.15) is 26.3 Å². The van der Waals surface area contributed by atoms with Crippen LogP contribution in [-0.2, 0) is 0 Å². The van der Waals surface area contributed by atoms with Crippen molar-refractivity contribution in [2.75, 3.05) is 17.7 Å². The average Bonchev–Trinajstić information content (AvgIpc) is 2.69. The van der Waals surface area contributed by atoms with E-state index in [4.69, 9.17) is 4.74 Å². The summed E-state index contributed by atoms with van der Waals surface area (Å²) in [5.74, 6) is 0.317. The molecule has 0 heterocycles. The van der Waals surface area contributed by atoms with Crippen LogP contribution in [0.4, 0.5) is 11.4 Å². The van der Waals surface area contributed by atoms with Gasteiger partial charge < -0.3 is 15.4 Å². The van der Waals surface area contributed by atoms with E-state index in [0.29, 0.717) is 28.3 Å². The van der Waals surface area contributed by atoms with Gasteiger partial charge in [-0.3, -0.25) is 9.59 Å². The molecular weight excluding hydrogens is 340 g/mol. The molecule has 0 aromatic heterocycles. The van der Waals surface area contributed by atoms with Crippen LogP contribution in [0.5, 0.6) is 5.75 Å². The molecule has 0 radical (unpaired) electrons. The third-order valence-corrected chi connectivity index (χ3v) is 4.14. The van der Waals surface area contributed by atoms with Crippen molar-refractivity contribution in [1.82, 2.24) is 0 Å². The number of rotatable bonds is 5. The highest BCUT2D eigenvalue weighted by molar-refractivity contribution is 6.06. The lowest BCUT2D eigenvalue weighted by Crippen LogP contribution is -2.14. The normalized spacial score (nSPS) is 10.1. The van der Waals surface area contributed by atoms with Gasteiger partial charge in [0.15, 0.2) is 0 Å². The van der Waals surface area contributed by atoms with Crippen LogP contribution in [0.2, 0.25) is 0 Å². The molecule has 0 aliphatic carbocycles. The Morgan fingerprint density at radius 2 is 1.30 bits per heavy atom. The van der Waals surface area contributed by atoms with Gasteiger partial charge in [0, 0.05) is 22.5 Å². The molecule has 0 spiro atoms. The summed E-state index contributed by atoms with van der Waals surface area (Å²) in [6.07, 6.45) is 0. The number of benzene rings is 3. The Kier molecular flexibility index (Phi) is 5.52. The molecule has 0 bridgehead atoms. The van der Waals surface area contributed by atoms with Crippen molar-refractivity contribution in [3.63, 3.8) is 0 Å². The van der Waals surface area contributed by atoms with E-state index in [9.17, 15) is 9.59 Å². The van der Waals surface area contributed by atoms with Crippen molar-refractivity contribution < 1.29 is 14.3 Å². The predicted molar refractivity (Wildman–Crippen MR) is 107 cm³/mol. The number of anilines is 2. The van der Waals surface area contributed by atoms with Crippen molar-refractivity contribution in [3.8, 4) is 5.75 Å². The quantitative estimate of drug-likeness (QED) is 0.703. The lowest BCUT2D eigenvalue weighted by molar-refractivity contribution is 0.101. The van der Waals surface area contributed by atoms with Crippen LogP contribution in [0.25, 0.3) is 0 Å². The van der Waals surface area contributed by atoms with Gasteiger partial charge in [-0.2, -0.15) is 0 Å². The van der Waals surface area contributed by atoms with Gasteiger partial charge in [0.25, 0.3) is 11.8 Å². The molecule has 5 heteroatoms. The highest BCUT2D eigenvalue weighted by Gasteiger charge is 2.09. The SMILES string of the molecule is COc1ccc(C(=O)Nc2ccc(NC(=O)c3ccccc3C)cc2)cc1. The number of aryl methyl sites for hydroxylation is 1. The van der Waals surface area contributed by atoms with Gasteiger partial charge in [0.05, 0.1) is 7.11 Å². The monoisotopic (exact) mass is 360 g/mol. The van der Waals surface area contributed by atoms with Gasteiger partial charge >= 0.3 is 0 Å². The molecule has 136 valence electrons. The molecule has 0 saturated heterocycles. The Hall–Kier alpha value is -3.60. The number of nitrogens with one attached hydrogen (secondary N) is 2. The molecule has 0 atom stereocenters. The van der Waals surface area contributed by atoms with Crippen LogP contribution in [-0.4, -0.2) is 18.9 Å². The van der Waals surface area contributed by atoms with E-state index in [0.717, 1.165) is 5.56 Å². The first-order valence-corrected chi connectivity index (χ1v) is 8.49. The molecule has 0 fully saturated rings. The average molecular weight is 360 g/mol. The third kappa shape index (κ3) is 4.52. The minimum Gasteiger partial charge on any atom is -0.497 e. The number of carbonyl (C=O) groups is 2. The number of ether oxygens (including phenoxy) is 1. The Morgan fingerprint density at radius 1 is 0.741 bits per heavy atom. The maximum atomic E-state index is 12.3. The minimum atomic E-state index is -0.214. The van der Waals surface area contributed by atoms with E-state index >= 15 is 0 Å². The lowest BCUT2D eigenvalue weighted by Gasteiger charge is -2.09. The first kappa shape index (κ1) is 18.2. The fourth-order valence-corrected chi connectivity index (χ4v) is 2.61. The Labute approximate surface area is 158 Å². The molecular formula is C22H20N2O3. The number of hydrogen-bond donors (Lipinski definition) is 2. The molecule has 0 saturated carbocycles. The van der Waals surface area contributed by atoms with Gasteiger partial charge in [-0.15, -0.1) is 0 Å². The van der Waals surface area contributed by atoms with E-state index in [1.54, 1.807) is 61.7 Å². The highest BCUT2D eigenvalue weighted by Crippen LogP contribution is 2.17. The Morgan fingerprint density at radius 3 is 1.85 bits per heavy atom. The largest absolute Gasteiger partial charge is 0.497 e. The van der Waals surface area contributed by atoms with Crippen molar-refractivity contribution in [2.24, 2.45) is 0 Å². The second-order valence-electron chi connectivity index (χ2n) is 6.03. The van der Waals surface area contributed by atoms with Crippen LogP contribution >= 0.6 is 0 Å². The third-order valence-electron chi connectivity index (χ3n) is 4.14. The Bertz CT molecular complexity index is 948. The topological polar surface area (TPSA) is 67.4 Å². The number of amides is 2. The van der Waals surface area contributed by atoms with Gasteiger partial charge in [-0.25, -0.2) is 0 Å². The molecule has 0 aliphatic rings. The Balaban J connectivity index is 1.63. The van der Waals surface area contributed by atoms with Crippen molar-refractivity contribution in [2.45, 2.75) is 6.92 Å². The smallest absolute Gasteiger partial charge is 0.255 e. The zero-order chi connectivity index (χ0) is 19.2. The molecule has 3 rings (SSSR count). The fraction of sp³-hybridized carbons (Fsp3) is 0.0909. The van der Waals surface area contributed by atoms with E-state index in [-0.39, 0.29) is 11.8 Å². The zero-order valence-corrected chi connectivity index (χ0v) is 15.2. The van der Waals surface area contributed by atoms with E-state index in [2.05, 4.69) is 10.6 Å². The summed E-state index contributed by atoms with van der Waals surface area (Å²) in [4.78, 5) is 24.6. The summed E-state index contributed by atoms with van der Waals surface area (Å²) >= 11 is 0. The van der Waals surface area contributed by atoms with E-state index in [1.807, 2.05) is 25.1 Å². The maximum absolute atomic E-state index is 12.3. The summed E-state index contributed by atoms with van der Waals surface area (Å²) in [7, 11) is 1.58. The first-order valence-electron chi connectivity index (χ1n) is 8.49. The highest BCUT2D eigenvalue weighted by atomic mass is 16.5. The second-order valence-corrected chi connectivity index (χ2v) is 6.03. The van der Waals surface area contributed by atoms with Gasteiger partial charge in [-0.1, -0.05) is 18.2 Å². The van der Waals surface area contributed by atoms with Gasteiger partial charge in [0.2, 0.25) is 0 Å². The summed E-state index contributed by atoms with van der Waals surface area (Å²) < 4.78 is 5.09.